The molecule has 0 saturated carbocycles. The van der Waals surface area contributed by atoms with E-state index >= 15 is 0 Å². The molecule has 6 nitrogen and oxygen atoms in total. The summed E-state index contributed by atoms with van der Waals surface area (Å²) >= 11 is 0. The molecule has 160 valence electrons. The second-order valence-electron chi connectivity index (χ2n) is 8.73. The smallest absolute Gasteiger partial charge is 0.321 e. The third kappa shape index (κ3) is 3.56. The van der Waals surface area contributed by atoms with Crippen LogP contribution in [0.5, 0.6) is 0 Å². The molecule has 1 fully saturated rings. The van der Waals surface area contributed by atoms with Gasteiger partial charge in [0.05, 0.1) is 11.6 Å². The summed E-state index contributed by atoms with van der Waals surface area (Å²) in [7, 11) is 0. The van der Waals surface area contributed by atoms with E-state index in [4.69, 9.17) is 5.26 Å². The Morgan fingerprint density at radius 1 is 1.03 bits per heavy atom. The van der Waals surface area contributed by atoms with Crippen LogP contribution >= 0.6 is 0 Å². The summed E-state index contributed by atoms with van der Waals surface area (Å²) in [6.07, 6.45) is 0.983. The standard InChI is InChI=1S/C26H24N4O2/c1-17-5-2-3-8-22(17)23-9-10-24-20-11-19(15-30(24)25(23)31)14-29(16-20)26(32)28-21-7-4-6-18(12-21)13-27/h2-10,12,19-20H,11,14-16H2,1H3,(H,28,32)/t19-,20-/m1/s1. The first-order chi connectivity index (χ1) is 15.5. The number of urea groups is 1. The number of hydrogen-bond donors (Lipinski definition) is 1. The molecule has 1 N–H and O–H groups in total. The van der Waals surface area contributed by atoms with Crippen LogP contribution in [0.3, 0.4) is 0 Å². The van der Waals surface area contributed by atoms with Crippen molar-refractivity contribution in [3.63, 3.8) is 0 Å². The Hall–Kier alpha value is -3.85. The Labute approximate surface area is 186 Å². The highest BCUT2D eigenvalue weighted by Crippen LogP contribution is 2.36. The Balaban J connectivity index is 1.40. The number of aryl methyl sites for hydroxylation is 1. The molecule has 0 radical (unpaired) electrons. The first kappa shape index (κ1) is 20.1. The number of carbonyl (C=O) groups excluding carboxylic acids is 1. The number of carbonyl (C=O) groups is 1. The van der Waals surface area contributed by atoms with Crippen LogP contribution < -0.4 is 10.9 Å². The van der Waals surface area contributed by atoms with Crippen molar-refractivity contribution in [1.29, 1.82) is 5.26 Å². The number of anilines is 1. The van der Waals surface area contributed by atoms with Crippen LogP contribution in [-0.4, -0.2) is 28.6 Å². The Kier molecular flexibility index (Phi) is 5.02. The fourth-order valence-electron chi connectivity index (χ4n) is 5.06. The minimum atomic E-state index is -0.165. The van der Waals surface area contributed by atoms with E-state index in [1.807, 2.05) is 46.7 Å². The number of piperidine rings is 1. The summed E-state index contributed by atoms with van der Waals surface area (Å²) in [6, 6.07) is 20.8. The number of benzene rings is 2. The Morgan fingerprint density at radius 2 is 1.88 bits per heavy atom. The molecule has 6 heteroatoms. The monoisotopic (exact) mass is 424 g/mol. The van der Waals surface area contributed by atoms with Gasteiger partial charge < -0.3 is 14.8 Å². The lowest BCUT2D eigenvalue weighted by Gasteiger charge is -2.42. The molecule has 3 heterocycles. The number of nitrogens with one attached hydrogen (secondary N) is 1. The summed E-state index contributed by atoms with van der Waals surface area (Å²) in [5.41, 5.74) is 4.98. The topological polar surface area (TPSA) is 78.1 Å². The first-order valence-electron chi connectivity index (χ1n) is 10.9. The highest BCUT2D eigenvalue weighted by molar-refractivity contribution is 5.89. The number of amides is 2. The van der Waals surface area contributed by atoms with Gasteiger partial charge in [-0.1, -0.05) is 30.3 Å². The van der Waals surface area contributed by atoms with Crippen molar-refractivity contribution in [2.75, 3.05) is 18.4 Å². The second kappa shape index (κ2) is 8.01. The zero-order valence-electron chi connectivity index (χ0n) is 17.9. The zero-order valence-corrected chi connectivity index (χ0v) is 17.9. The molecule has 2 aromatic carbocycles. The predicted molar refractivity (Wildman–Crippen MR) is 123 cm³/mol. The molecule has 2 bridgehead atoms. The molecule has 2 atom stereocenters. The molecule has 2 aliphatic rings. The maximum atomic E-state index is 13.4. The van der Waals surface area contributed by atoms with Gasteiger partial charge in [0.1, 0.15) is 0 Å². The molecule has 1 aromatic heterocycles. The van der Waals surface area contributed by atoms with Crippen molar-refractivity contribution in [3.05, 3.63) is 87.8 Å². The van der Waals surface area contributed by atoms with E-state index in [1.165, 1.54) is 0 Å². The van der Waals surface area contributed by atoms with Crippen LogP contribution in [-0.2, 0) is 6.54 Å². The van der Waals surface area contributed by atoms with Crippen molar-refractivity contribution in [1.82, 2.24) is 9.47 Å². The van der Waals surface area contributed by atoms with Gasteiger partial charge in [0.25, 0.3) is 5.56 Å². The number of aromatic nitrogens is 1. The fourth-order valence-corrected chi connectivity index (χ4v) is 5.06. The molecule has 5 rings (SSSR count). The van der Waals surface area contributed by atoms with E-state index in [1.54, 1.807) is 24.3 Å². The maximum Gasteiger partial charge on any atom is 0.321 e. The number of pyridine rings is 1. The van der Waals surface area contributed by atoms with Crippen LogP contribution in [0.15, 0.2) is 65.5 Å². The van der Waals surface area contributed by atoms with Gasteiger partial charge in [0, 0.05) is 42.5 Å². The molecule has 0 spiro atoms. The van der Waals surface area contributed by atoms with Crippen molar-refractivity contribution in [3.8, 4) is 17.2 Å². The molecule has 2 amide bonds. The highest BCUT2D eigenvalue weighted by atomic mass is 16.2. The molecular formula is C26H24N4O2. The summed E-state index contributed by atoms with van der Waals surface area (Å²) in [5.74, 6) is 0.375. The minimum Gasteiger partial charge on any atom is -0.324 e. The van der Waals surface area contributed by atoms with Gasteiger partial charge in [-0.2, -0.15) is 5.26 Å². The van der Waals surface area contributed by atoms with Gasteiger partial charge in [0.2, 0.25) is 0 Å². The highest BCUT2D eigenvalue weighted by Gasteiger charge is 2.36. The van der Waals surface area contributed by atoms with Crippen LogP contribution in [0.1, 0.15) is 29.2 Å². The zero-order chi connectivity index (χ0) is 22.2. The largest absolute Gasteiger partial charge is 0.324 e. The van der Waals surface area contributed by atoms with Gasteiger partial charge in [-0.3, -0.25) is 4.79 Å². The van der Waals surface area contributed by atoms with Crippen molar-refractivity contribution in [2.24, 2.45) is 5.92 Å². The van der Waals surface area contributed by atoms with Crippen molar-refractivity contribution >= 4 is 11.7 Å². The number of rotatable bonds is 2. The summed E-state index contributed by atoms with van der Waals surface area (Å²) in [5, 5.41) is 12.0. The molecule has 0 aliphatic carbocycles. The van der Waals surface area contributed by atoms with E-state index < -0.39 is 0 Å². The second-order valence-corrected chi connectivity index (χ2v) is 8.73. The number of likely N-dealkylation sites (tertiary alicyclic amines) is 1. The molecule has 3 aromatic rings. The normalized spacial score (nSPS) is 19.1. The van der Waals surface area contributed by atoms with Gasteiger partial charge in [-0.25, -0.2) is 4.79 Å². The van der Waals surface area contributed by atoms with Gasteiger partial charge in [-0.15, -0.1) is 0 Å². The SMILES string of the molecule is Cc1ccccc1-c1ccc2n(c1=O)C[C@@H]1C[C@@H]2CN(C(=O)Nc2cccc(C#N)c2)C1. The van der Waals surface area contributed by atoms with Crippen LogP contribution in [0, 0.1) is 24.2 Å². The lowest BCUT2D eigenvalue weighted by molar-refractivity contribution is 0.139. The first-order valence-corrected chi connectivity index (χ1v) is 10.9. The van der Waals surface area contributed by atoms with E-state index in [2.05, 4.69) is 17.5 Å². The van der Waals surface area contributed by atoms with Gasteiger partial charge in [-0.05, 0) is 60.7 Å². The van der Waals surface area contributed by atoms with E-state index in [0.29, 0.717) is 30.9 Å². The van der Waals surface area contributed by atoms with Crippen molar-refractivity contribution in [2.45, 2.75) is 25.8 Å². The number of hydrogen-bond acceptors (Lipinski definition) is 3. The molecule has 32 heavy (non-hydrogen) atoms. The average molecular weight is 425 g/mol. The third-order valence-corrected chi connectivity index (χ3v) is 6.57. The molecular weight excluding hydrogens is 400 g/mol. The summed E-state index contributed by atoms with van der Waals surface area (Å²) < 4.78 is 1.92. The van der Waals surface area contributed by atoms with Gasteiger partial charge in [0.15, 0.2) is 0 Å². The van der Waals surface area contributed by atoms with Crippen LogP contribution in [0.4, 0.5) is 10.5 Å². The van der Waals surface area contributed by atoms with E-state index in [9.17, 15) is 9.59 Å². The minimum absolute atomic E-state index is 0.0534. The number of nitriles is 1. The summed E-state index contributed by atoms with van der Waals surface area (Å²) in [4.78, 5) is 28.1. The third-order valence-electron chi connectivity index (χ3n) is 6.57. The van der Waals surface area contributed by atoms with E-state index in [0.717, 1.165) is 28.8 Å². The molecule has 2 aliphatic heterocycles. The Bertz CT molecular complexity index is 1300. The number of fused-ring (bicyclic) bond motifs is 4. The van der Waals surface area contributed by atoms with Crippen LogP contribution in [0.25, 0.3) is 11.1 Å². The number of nitrogens with zero attached hydrogens (tertiary/aromatic N) is 3. The van der Waals surface area contributed by atoms with Crippen molar-refractivity contribution < 1.29 is 4.79 Å². The quantitative estimate of drug-likeness (QED) is 0.664. The predicted octanol–water partition coefficient (Wildman–Crippen LogP) is 4.35. The van der Waals surface area contributed by atoms with Crippen LogP contribution in [0.2, 0.25) is 0 Å². The fraction of sp³-hybridized carbons (Fsp3) is 0.269. The lowest BCUT2D eigenvalue weighted by atomic mass is 9.83. The molecule has 0 unspecified atom stereocenters. The maximum absolute atomic E-state index is 13.4. The molecule has 1 saturated heterocycles. The van der Waals surface area contributed by atoms with E-state index in [-0.39, 0.29) is 23.4 Å². The van der Waals surface area contributed by atoms with Gasteiger partial charge >= 0.3 is 6.03 Å². The Morgan fingerprint density at radius 3 is 2.69 bits per heavy atom. The average Bonchev–Trinajstić information content (AvgIpc) is 2.80. The summed E-state index contributed by atoms with van der Waals surface area (Å²) in [6.45, 7) is 3.83. The lowest BCUT2D eigenvalue weighted by Crippen LogP contribution is -2.50.